The van der Waals surface area contributed by atoms with Gasteiger partial charge < -0.3 is 4.74 Å². The summed E-state index contributed by atoms with van der Waals surface area (Å²) in [4.78, 5) is 6.70. The number of piperazine rings is 1. The Kier molecular flexibility index (Phi) is 6.13. The van der Waals surface area contributed by atoms with Gasteiger partial charge in [-0.2, -0.15) is 4.31 Å². The van der Waals surface area contributed by atoms with Crippen LogP contribution in [-0.4, -0.2) is 48.8 Å². The summed E-state index contributed by atoms with van der Waals surface area (Å²) in [5, 5.41) is 0. The number of ether oxygens (including phenoxy) is 1. The summed E-state index contributed by atoms with van der Waals surface area (Å²) in [6.45, 7) is 4.95. The van der Waals surface area contributed by atoms with E-state index in [-0.39, 0.29) is 0 Å². The van der Waals surface area contributed by atoms with E-state index < -0.39 is 10.0 Å². The van der Waals surface area contributed by atoms with E-state index in [0.29, 0.717) is 43.4 Å². The fourth-order valence-electron chi connectivity index (χ4n) is 3.50. The van der Waals surface area contributed by atoms with E-state index in [1.165, 1.54) is 0 Å². The number of nitrogens with zero attached hydrogens (tertiary/aromatic N) is 3. The van der Waals surface area contributed by atoms with Crippen molar-refractivity contribution >= 4 is 10.0 Å². The molecule has 2 heterocycles. The molecule has 7 heteroatoms. The van der Waals surface area contributed by atoms with E-state index in [4.69, 9.17) is 4.74 Å². The SMILES string of the molecule is Cc1ccc(S(=O)(=O)N2CCN(Cc3ccccc3Oc3cccnc3)CC2)cc1. The topological polar surface area (TPSA) is 62.7 Å². The van der Waals surface area contributed by atoms with Gasteiger partial charge in [0.2, 0.25) is 10.0 Å². The predicted octanol–water partition coefficient (Wildman–Crippen LogP) is 3.69. The van der Waals surface area contributed by atoms with Gasteiger partial charge in [0, 0.05) is 44.5 Å². The average molecular weight is 424 g/mol. The number of sulfonamides is 1. The number of aromatic nitrogens is 1. The molecule has 4 rings (SSSR count). The van der Waals surface area contributed by atoms with Crippen molar-refractivity contribution in [2.24, 2.45) is 0 Å². The van der Waals surface area contributed by atoms with Crippen LogP contribution in [0.4, 0.5) is 0 Å². The summed E-state index contributed by atoms with van der Waals surface area (Å²) in [5.41, 5.74) is 2.11. The van der Waals surface area contributed by atoms with Crippen LogP contribution in [0.3, 0.4) is 0 Å². The lowest BCUT2D eigenvalue weighted by molar-refractivity contribution is 0.180. The molecule has 0 saturated carbocycles. The first-order valence-corrected chi connectivity index (χ1v) is 11.4. The van der Waals surface area contributed by atoms with Crippen molar-refractivity contribution in [2.45, 2.75) is 18.4 Å². The molecule has 0 aliphatic carbocycles. The predicted molar refractivity (Wildman–Crippen MR) is 116 cm³/mol. The normalized spacial score (nSPS) is 15.8. The first-order valence-electron chi connectivity index (χ1n) is 9.97. The molecule has 1 saturated heterocycles. The highest BCUT2D eigenvalue weighted by Crippen LogP contribution is 2.26. The van der Waals surface area contributed by atoms with Crippen molar-refractivity contribution < 1.29 is 13.2 Å². The first kappa shape index (κ1) is 20.5. The fourth-order valence-corrected chi connectivity index (χ4v) is 4.92. The number of rotatable bonds is 6. The summed E-state index contributed by atoms with van der Waals surface area (Å²) in [5.74, 6) is 1.49. The van der Waals surface area contributed by atoms with Crippen LogP contribution in [0.1, 0.15) is 11.1 Å². The number of hydrogen-bond donors (Lipinski definition) is 0. The second kappa shape index (κ2) is 8.95. The number of aryl methyl sites for hydroxylation is 1. The van der Waals surface area contributed by atoms with Crippen molar-refractivity contribution in [1.82, 2.24) is 14.2 Å². The summed E-state index contributed by atoms with van der Waals surface area (Å²) >= 11 is 0. The third-order valence-corrected chi connectivity index (χ3v) is 7.13. The van der Waals surface area contributed by atoms with Crippen molar-refractivity contribution in [2.75, 3.05) is 26.2 Å². The van der Waals surface area contributed by atoms with Gasteiger partial charge in [0.1, 0.15) is 11.5 Å². The average Bonchev–Trinajstić information content (AvgIpc) is 2.77. The molecule has 1 aliphatic rings. The van der Waals surface area contributed by atoms with Crippen LogP contribution in [0.25, 0.3) is 0 Å². The zero-order valence-electron chi connectivity index (χ0n) is 16.9. The molecule has 6 nitrogen and oxygen atoms in total. The summed E-state index contributed by atoms with van der Waals surface area (Å²) in [6.07, 6.45) is 3.40. The standard InChI is InChI=1S/C23H25N3O3S/c1-19-8-10-22(11-9-19)30(27,28)26-15-13-25(14-16-26)18-20-5-2-3-7-23(20)29-21-6-4-12-24-17-21/h2-12,17H,13-16,18H2,1H3. The van der Waals surface area contributed by atoms with Crippen LogP contribution >= 0.6 is 0 Å². The molecule has 0 atom stereocenters. The maximum Gasteiger partial charge on any atom is 0.243 e. The van der Waals surface area contributed by atoms with Gasteiger partial charge in [0.05, 0.1) is 11.1 Å². The van der Waals surface area contributed by atoms with E-state index in [1.807, 2.05) is 55.5 Å². The maximum atomic E-state index is 12.9. The van der Waals surface area contributed by atoms with E-state index in [1.54, 1.807) is 28.8 Å². The lowest BCUT2D eigenvalue weighted by Gasteiger charge is -2.34. The van der Waals surface area contributed by atoms with Crippen LogP contribution in [0.5, 0.6) is 11.5 Å². The van der Waals surface area contributed by atoms with Gasteiger partial charge in [0.25, 0.3) is 0 Å². The maximum absolute atomic E-state index is 12.9. The Balaban J connectivity index is 1.40. The fraction of sp³-hybridized carbons (Fsp3) is 0.261. The number of hydrogen-bond acceptors (Lipinski definition) is 5. The first-order chi connectivity index (χ1) is 14.5. The van der Waals surface area contributed by atoms with E-state index in [0.717, 1.165) is 16.9 Å². The molecule has 0 bridgehead atoms. The molecule has 1 aromatic heterocycles. The minimum Gasteiger partial charge on any atom is -0.455 e. The minimum atomic E-state index is -3.45. The number of benzene rings is 2. The molecule has 1 aliphatic heterocycles. The molecule has 1 fully saturated rings. The van der Waals surface area contributed by atoms with Gasteiger partial charge in [-0.25, -0.2) is 8.42 Å². The Morgan fingerprint density at radius 2 is 1.67 bits per heavy atom. The highest BCUT2D eigenvalue weighted by Gasteiger charge is 2.28. The van der Waals surface area contributed by atoms with Gasteiger partial charge >= 0.3 is 0 Å². The van der Waals surface area contributed by atoms with Crippen molar-refractivity contribution in [3.8, 4) is 11.5 Å². The lowest BCUT2D eigenvalue weighted by Crippen LogP contribution is -2.48. The molecule has 2 aromatic carbocycles. The Bertz CT molecular complexity index is 1080. The number of pyridine rings is 1. The third kappa shape index (κ3) is 4.70. The van der Waals surface area contributed by atoms with E-state index >= 15 is 0 Å². The van der Waals surface area contributed by atoms with Crippen LogP contribution in [0.2, 0.25) is 0 Å². The minimum absolute atomic E-state index is 0.358. The molecule has 3 aromatic rings. The zero-order chi connectivity index (χ0) is 21.0. The van der Waals surface area contributed by atoms with Gasteiger partial charge in [0.15, 0.2) is 0 Å². The number of para-hydroxylation sites is 1. The molecular formula is C23H25N3O3S. The van der Waals surface area contributed by atoms with E-state index in [9.17, 15) is 8.42 Å². The molecule has 156 valence electrons. The second-order valence-corrected chi connectivity index (χ2v) is 9.33. The Morgan fingerprint density at radius 3 is 2.37 bits per heavy atom. The molecule has 0 radical (unpaired) electrons. The molecular weight excluding hydrogens is 398 g/mol. The van der Waals surface area contributed by atoms with Crippen LogP contribution in [-0.2, 0) is 16.6 Å². The summed E-state index contributed by atoms with van der Waals surface area (Å²) < 4.78 is 33.4. The van der Waals surface area contributed by atoms with Crippen molar-refractivity contribution in [3.63, 3.8) is 0 Å². The second-order valence-electron chi connectivity index (χ2n) is 7.39. The summed E-state index contributed by atoms with van der Waals surface area (Å²) in [6, 6.07) is 18.7. The highest BCUT2D eigenvalue weighted by molar-refractivity contribution is 7.89. The van der Waals surface area contributed by atoms with Gasteiger partial charge in [-0.05, 0) is 37.3 Å². The van der Waals surface area contributed by atoms with Gasteiger partial charge in [-0.3, -0.25) is 9.88 Å². The van der Waals surface area contributed by atoms with Crippen molar-refractivity contribution in [3.05, 3.63) is 84.2 Å². The molecule has 0 N–H and O–H groups in total. The lowest BCUT2D eigenvalue weighted by atomic mass is 10.1. The van der Waals surface area contributed by atoms with Gasteiger partial charge in [-0.1, -0.05) is 35.9 Å². The Morgan fingerprint density at radius 1 is 0.933 bits per heavy atom. The largest absolute Gasteiger partial charge is 0.455 e. The Labute approximate surface area is 177 Å². The van der Waals surface area contributed by atoms with Crippen molar-refractivity contribution in [1.29, 1.82) is 0 Å². The third-order valence-electron chi connectivity index (χ3n) is 5.22. The van der Waals surface area contributed by atoms with Crippen LogP contribution in [0.15, 0.2) is 78.0 Å². The smallest absolute Gasteiger partial charge is 0.243 e. The molecule has 0 unspecified atom stereocenters. The Hall–Kier alpha value is -2.74. The zero-order valence-corrected chi connectivity index (χ0v) is 17.8. The highest BCUT2D eigenvalue weighted by atomic mass is 32.2. The molecule has 30 heavy (non-hydrogen) atoms. The van der Waals surface area contributed by atoms with Crippen LogP contribution < -0.4 is 4.74 Å². The van der Waals surface area contributed by atoms with E-state index in [2.05, 4.69) is 9.88 Å². The summed E-state index contributed by atoms with van der Waals surface area (Å²) in [7, 11) is -3.45. The monoisotopic (exact) mass is 423 g/mol. The van der Waals surface area contributed by atoms with Crippen LogP contribution in [0, 0.1) is 6.92 Å². The molecule has 0 amide bonds. The molecule has 0 spiro atoms. The quantitative estimate of drug-likeness (QED) is 0.605. The van der Waals surface area contributed by atoms with Gasteiger partial charge in [-0.15, -0.1) is 0 Å².